The lowest BCUT2D eigenvalue weighted by molar-refractivity contribution is 0.179. The first-order valence-corrected chi connectivity index (χ1v) is 5.59. The zero-order valence-electron chi connectivity index (χ0n) is 9.34. The van der Waals surface area contributed by atoms with Crippen molar-refractivity contribution in [1.29, 1.82) is 0 Å². The van der Waals surface area contributed by atoms with Crippen LogP contribution in [0.1, 0.15) is 18.5 Å². The highest BCUT2D eigenvalue weighted by Gasteiger charge is 2.23. The van der Waals surface area contributed by atoms with Crippen LogP contribution in [0, 0.1) is 11.6 Å². The highest BCUT2D eigenvalue weighted by Crippen LogP contribution is 2.25. The summed E-state index contributed by atoms with van der Waals surface area (Å²) in [5.74, 6) is -0.905. The van der Waals surface area contributed by atoms with Crippen LogP contribution in [0.3, 0.4) is 0 Å². The zero-order valence-corrected chi connectivity index (χ0v) is 9.34. The van der Waals surface area contributed by atoms with E-state index in [-0.39, 0.29) is 11.6 Å². The van der Waals surface area contributed by atoms with Gasteiger partial charge in [0.05, 0.1) is 0 Å². The molecule has 1 heterocycles. The molecule has 4 heteroatoms. The molecule has 0 amide bonds. The first-order valence-electron chi connectivity index (χ1n) is 5.59. The molecule has 0 saturated carbocycles. The maximum Gasteiger partial charge on any atom is 0.130 e. The minimum Gasteiger partial charge on any atom is -0.314 e. The van der Waals surface area contributed by atoms with E-state index in [1.54, 1.807) is 0 Å². The fraction of sp³-hybridized carbons (Fsp3) is 0.500. The highest BCUT2D eigenvalue weighted by atomic mass is 19.1. The minimum atomic E-state index is -0.453. The first kappa shape index (κ1) is 11.5. The second-order valence-electron chi connectivity index (χ2n) is 4.10. The van der Waals surface area contributed by atoms with E-state index in [9.17, 15) is 8.78 Å². The third-order valence-electron chi connectivity index (χ3n) is 3.12. The molecule has 0 aromatic heterocycles. The van der Waals surface area contributed by atoms with E-state index >= 15 is 0 Å². The third kappa shape index (κ3) is 2.23. The second-order valence-corrected chi connectivity index (χ2v) is 4.10. The first-order chi connectivity index (χ1) is 7.70. The van der Waals surface area contributed by atoms with Crippen molar-refractivity contribution in [1.82, 2.24) is 10.2 Å². The number of hydrogen-bond donors (Lipinski definition) is 1. The predicted molar refractivity (Wildman–Crippen MR) is 59.2 cm³/mol. The van der Waals surface area contributed by atoms with Crippen molar-refractivity contribution in [3.63, 3.8) is 0 Å². The summed E-state index contributed by atoms with van der Waals surface area (Å²) >= 11 is 0. The van der Waals surface area contributed by atoms with Gasteiger partial charge in [-0.15, -0.1) is 0 Å². The van der Waals surface area contributed by atoms with Crippen LogP contribution < -0.4 is 5.32 Å². The van der Waals surface area contributed by atoms with E-state index in [0.717, 1.165) is 26.2 Å². The molecule has 1 aromatic rings. The van der Waals surface area contributed by atoms with Crippen LogP contribution in [0.15, 0.2) is 18.2 Å². The van der Waals surface area contributed by atoms with Crippen LogP contribution in [-0.2, 0) is 0 Å². The van der Waals surface area contributed by atoms with Gasteiger partial charge in [-0.1, -0.05) is 6.07 Å². The number of nitrogens with zero attached hydrogens (tertiary/aromatic N) is 1. The Hall–Kier alpha value is -1.00. The second kappa shape index (κ2) is 4.89. The molecule has 1 fully saturated rings. The standard InChI is InChI=1S/C12H16F2N2/c1-9(16-7-5-15-6-8-16)12-10(13)3-2-4-11(12)14/h2-4,9,15H,5-8H2,1H3. The average Bonchev–Trinajstić information content (AvgIpc) is 2.30. The molecule has 1 aliphatic heterocycles. The Morgan fingerprint density at radius 1 is 1.19 bits per heavy atom. The maximum absolute atomic E-state index is 13.6. The van der Waals surface area contributed by atoms with Gasteiger partial charge in [-0.25, -0.2) is 8.78 Å². The summed E-state index contributed by atoms with van der Waals surface area (Å²) in [5.41, 5.74) is 0.185. The van der Waals surface area contributed by atoms with Crippen LogP contribution in [0.25, 0.3) is 0 Å². The number of benzene rings is 1. The van der Waals surface area contributed by atoms with Gasteiger partial charge in [-0.2, -0.15) is 0 Å². The number of hydrogen-bond acceptors (Lipinski definition) is 2. The van der Waals surface area contributed by atoms with Gasteiger partial charge in [-0.3, -0.25) is 4.90 Å². The molecule has 0 aliphatic carbocycles. The molecular weight excluding hydrogens is 210 g/mol. The van der Waals surface area contributed by atoms with Crippen LogP contribution in [0.4, 0.5) is 8.78 Å². The monoisotopic (exact) mass is 226 g/mol. The van der Waals surface area contributed by atoms with E-state index in [1.165, 1.54) is 18.2 Å². The van der Waals surface area contributed by atoms with Gasteiger partial charge in [0.15, 0.2) is 0 Å². The normalized spacial score (nSPS) is 19.7. The summed E-state index contributed by atoms with van der Waals surface area (Å²) in [6, 6.07) is 3.83. The van der Waals surface area contributed by atoms with Gasteiger partial charge in [0.1, 0.15) is 11.6 Å². The molecule has 1 aromatic carbocycles. The molecule has 1 saturated heterocycles. The fourth-order valence-corrected chi connectivity index (χ4v) is 2.16. The number of piperazine rings is 1. The lowest BCUT2D eigenvalue weighted by Crippen LogP contribution is -2.44. The molecule has 0 radical (unpaired) electrons. The molecule has 2 nitrogen and oxygen atoms in total. The van der Waals surface area contributed by atoms with Crippen LogP contribution in [0.2, 0.25) is 0 Å². The quantitative estimate of drug-likeness (QED) is 0.829. The van der Waals surface area contributed by atoms with Gasteiger partial charge in [0.2, 0.25) is 0 Å². The lowest BCUT2D eigenvalue weighted by Gasteiger charge is -2.33. The van der Waals surface area contributed by atoms with Crippen molar-refractivity contribution < 1.29 is 8.78 Å². The number of nitrogens with one attached hydrogen (secondary N) is 1. The van der Waals surface area contributed by atoms with Gasteiger partial charge in [0, 0.05) is 37.8 Å². The maximum atomic E-state index is 13.6. The predicted octanol–water partition coefficient (Wildman–Crippen LogP) is 1.93. The van der Waals surface area contributed by atoms with Gasteiger partial charge >= 0.3 is 0 Å². The summed E-state index contributed by atoms with van der Waals surface area (Å²) in [4.78, 5) is 2.10. The molecule has 1 aliphatic rings. The van der Waals surface area contributed by atoms with Crippen LogP contribution >= 0.6 is 0 Å². The molecule has 88 valence electrons. The lowest BCUT2D eigenvalue weighted by atomic mass is 10.0. The zero-order chi connectivity index (χ0) is 11.5. The molecule has 1 unspecified atom stereocenters. The Morgan fingerprint density at radius 3 is 2.31 bits per heavy atom. The summed E-state index contributed by atoms with van der Waals surface area (Å²) in [6.45, 7) is 5.26. The molecule has 1 atom stereocenters. The van der Waals surface area contributed by atoms with Crippen molar-refractivity contribution in [3.8, 4) is 0 Å². The van der Waals surface area contributed by atoms with E-state index in [2.05, 4.69) is 10.2 Å². The summed E-state index contributed by atoms with van der Waals surface area (Å²) in [7, 11) is 0. The topological polar surface area (TPSA) is 15.3 Å². The third-order valence-corrected chi connectivity index (χ3v) is 3.12. The molecule has 2 rings (SSSR count). The minimum absolute atomic E-state index is 0.185. The van der Waals surface area contributed by atoms with Crippen molar-refractivity contribution in [2.45, 2.75) is 13.0 Å². The van der Waals surface area contributed by atoms with E-state index in [0.29, 0.717) is 0 Å². The Morgan fingerprint density at radius 2 is 1.75 bits per heavy atom. The number of rotatable bonds is 2. The van der Waals surface area contributed by atoms with Crippen molar-refractivity contribution in [3.05, 3.63) is 35.4 Å². The smallest absolute Gasteiger partial charge is 0.130 e. The summed E-state index contributed by atoms with van der Waals surface area (Å²) in [5, 5.41) is 3.22. The van der Waals surface area contributed by atoms with Crippen LogP contribution in [-0.4, -0.2) is 31.1 Å². The Bertz CT molecular complexity index is 342. The van der Waals surface area contributed by atoms with E-state index < -0.39 is 11.6 Å². The Labute approximate surface area is 94.3 Å². The van der Waals surface area contributed by atoms with Gasteiger partial charge in [0.25, 0.3) is 0 Å². The van der Waals surface area contributed by atoms with Crippen molar-refractivity contribution >= 4 is 0 Å². The molecule has 0 bridgehead atoms. The Kier molecular flexibility index (Phi) is 3.51. The van der Waals surface area contributed by atoms with Crippen molar-refractivity contribution in [2.24, 2.45) is 0 Å². The van der Waals surface area contributed by atoms with Gasteiger partial charge < -0.3 is 5.32 Å². The molecule has 16 heavy (non-hydrogen) atoms. The summed E-state index contributed by atoms with van der Waals surface area (Å²) in [6.07, 6.45) is 0. The summed E-state index contributed by atoms with van der Waals surface area (Å²) < 4.78 is 27.1. The van der Waals surface area contributed by atoms with Crippen LogP contribution in [0.5, 0.6) is 0 Å². The van der Waals surface area contributed by atoms with Crippen molar-refractivity contribution in [2.75, 3.05) is 26.2 Å². The number of halogens is 2. The molecule has 1 N–H and O–H groups in total. The average molecular weight is 226 g/mol. The highest BCUT2D eigenvalue weighted by molar-refractivity contribution is 5.23. The largest absolute Gasteiger partial charge is 0.314 e. The van der Waals surface area contributed by atoms with E-state index in [1.807, 2.05) is 6.92 Å². The Balaban J connectivity index is 2.22. The molecular formula is C12H16F2N2. The van der Waals surface area contributed by atoms with Gasteiger partial charge in [-0.05, 0) is 19.1 Å². The SMILES string of the molecule is CC(c1c(F)cccc1F)N1CCNCC1. The molecule has 0 spiro atoms. The van der Waals surface area contributed by atoms with E-state index in [4.69, 9.17) is 0 Å². The fourth-order valence-electron chi connectivity index (χ4n) is 2.16.